The molecule has 2 aromatic carbocycles. The van der Waals surface area contributed by atoms with Gasteiger partial charge in [0.05, 0.1) is 0 Å². The summed E-state index contributed by atoms with van der Waals surface area (Å²) >= 11 is 0. The topological polar surface area (TPSA) is 9.23 Å². The van der Waals surface area contributed by atoms with Crippen molar-refractivity contribution in [1.29, 1.82) is 0 Å². The summed E-state index contributed by atoms with van der Waals surface area (Å²) in [6.07, 6.45) is 0. The van der Waals surface area contributed by atoms with E-state index in [0.717, 1.165) is 6.04 Å². The third kappa shape index (κ3) is 4.62. The Hall–Kier alpha value is -1.38. The lowest BCUT2D eigenvalue weighted by molar-refractivity contribution is 0.137. The molecule has 0 aliphatic rings. The third-order valence-electron chi connectivity index (χ3n) is 3.07. The van der Waals surface area contributed by atoms with Crippen LogP contribution < -0.4 is 0 Å². The molecule has 0 aliphatic heterocycles. The monoisotopic (exact) mass is 282 g/mol. The molecular weight excluding hydrogens is 260 g/mol. The van der Waals surface area contributed by atoms with E-state index in [0.29, 0.717) is 15.7 Å². The van der Waals surface area contributed by atoms with Gasteiger partial charge in [-0.1, -0.05) is 60.7 Å². The number of hydrogen-bond donors (Lipinski definition) is 0. The fourth-order valence-corrected chi connectivity index (χ4v) is 3.29. The molecule has 0 heterocycles. The Bertz CT molecular complexity index is 462. The van der Waals surface area contributed by atoms with E-state index in [-0.39, 0.29) is 5.60 Å². The van der Waals surface area contributed by atoms with Crippen molar-refractivity contribution in [2.24, 2.45) is 0 Å². The van der Waals surface area contributed by atoms with Gasteiger partial charge in [-0.15, -0.1) is 0 Å². The SMILES string of the molecule is CC(C)(C)O[Si]CC(c1ccccc1)c1ccccc1. The van der Waals surface area contributed by atoms with Crippen molar-refractivity contribution in [2.45, 2.75) is 38.3 Å². The van der Waals surface area contributed by atoms with Gasteiger partial charge in [0.2, 0.25) is 9.76 Å². The minimum Gasteiger partial charge on any atom is -0.413 e. The second-order valence-corrected chi connectivity index (χ2v) is 6.84. The predicted molar refractivity (Wildman–Crippen MR) is 86.1 cm³/mol. The first-order valence-electron chi connectivity index (χ1n) is 7.07. The zero-order valence-corrected chi connectivity index (χ0v) is 13.5. The van der Waals surface area contributed by atoms with Crippen molar-refractivity contribution in [3.8, 4) is 0 Å². The van der Waals surface area contributed by atoms with E-state index in [1.165, 1.54) is 11.1 Å². The lowest BCUT2D eigenvalue weighted by atomic mass is 9.93. The molecule has 2 radical (unpaired) electrons. The molecule has 0 bridgehead atoms. The van der Waals surface area contributed by atoms with Gasteiger partial charge in [0, 0.05) is 11.5 Å². The van der Waals surface area contributed by atoms with E-state index in [1.54, 1.807) is 0 Å². The van der Waals surface area contributed by atoms with Gasteiger partial charge in [-0.25, -0.2) is 0 Å². The van der Waals surface area contributed by atoms with Crippen molar-refractivity contribution >= 4 is 9.76 Å². The van der Waals surface area contributed by atoms with E-state index in [9.17, 15) is 0 Å². The fourth-order valence-electron chi connectivity index (χ4n) is 2.14. The van der Waals surface area contributed by atoms with Crippen LogP contribution in [0.3, 0.4) is 0 Å². The first-order chi connectivity index (χ1) is 9.56. The first kappa shape index (κ1) is 15.0. The molecule has 104 valence electrons. The van der Waals surface area contributed by atoms with E-state index >= 15 is 0 Å². The van der Waals surface area contributed by atoms with Crippen molar-refractivity contribution in [1.82, 2.24) is 0 Å². The highest BCUT2D eigenvalue weighted by Gasteiger charge is 2.17. The van der Waals surface area contributed by atoms with Crippen LogP contribution in [0, 0.1) is 0 Å². The average Bonchev–Trinajstić information content (AvgIpc) is 2.44. The maximum absolute atomic E-state index is 5.93. The molecule has 2 aromatic rings. The Kier molecular flexibility index (Phi) is 5.15. The maximum Gasteiger partial charge on any atom is 0.231 e. The van der Waals surface area contributed by atoms with Crippen molar-refractivity contribution in [3.63, 3.8) is 0 Å². The van der Waals surface area contributed by atoms with Gasteiger partial charge >= 0.3 is 0 Å². The fraction of sp³-hybridized carbons (Fsp3) is 0.333. The lowest BCUT2D eigenvalue weighted by Gasteiger charge is -2.22. The highest BCUT2D eigenvalue weighted by atomic mass is 28.2. The molecule has 2 rings (SSSR count). The van der Waals surface area contributed by atoms with E-state index < -0.39 is 0 Å². The molecular formula is C18H22OSi. The Labute approximate surface area is 124 Å². The van der Waals surface area contributed by atoms with Crippen molar-refractivity contribution in [3.05, 3.63) is 71.8 Å². The summed E-state index contributed by atoms with van der Waals surface area (Å²) in [7, 11) is 0.515. The Morgan fingerprint density at radius 3 is 1.70 bits per heavy atom. The minimum atomic E-state index is -0.0592. The predicted octanol–water partition coefficient (Wildman–Crippen LogP) is 4.67. The van der Waals surface area contributed by atoms with E-state index in [1.807, 2.05) is 0 Å². The highest BCUT2D eigenvalue weighted by Crippen LogP contribution is 2.28. The summed E-state index contributed by atoms with van der Waals surface area (Å²) in [5, 5.41) is 0. The van der Waals surface area contributed by atoms with Gasteiger partial charge in [-0.3, -0.25) is 0 Å². The standard InChI is InChI=1S/C18H22OSi/c1-18(2,3)19-20-14-17(15-10-6-4-7-11-15)16-12-8-5-9-13-16/h4-13,17H,14H2,1-3H3. The molecule has 0 saturated carbocycles. The Morgan fingerprint density at radius 1 is 0.850 bits per heavy atom. The van der Waals surface area contributed by atoms with Crippen molar-refractivity contribution < 1.29 is 4.43 Å². The van der Waals surface area contributed by atoms with Crippen molar-refractivity contribution in [2.75, 3.05) is 0 Å². The van der Waals surface area contributed by atoms with Crippen LogP contribution in [0.5, 0.6) is 0 Å². The average molecular weight is 282 g/mol. The van der Waals surface area contributed by atoms with Crippen LogP contribution in [0.15, 0.2) is 60.7 Å². The van der Waals surface area contributed by atoms with Gasteiger partial charge in [-0.05, 0) is 37.9 Å². The number of benzene rings is 2. The molecule has 0 atom stereocenters. The maximum atomic E-state index is 5.93. The van der Waals surface area contributed by atoms with Crippen LogP contribution in [0.1, 0.15) is 37.8 Å². The van der Waals surface area contributed by atoms with Crippen LogP contribution in [-0.4, -0.2) is 15.4 Å². The smallest absolute Gasteiger partial charge is 0.231 e. The largest absolute Gasteiger partial charge is 0.413 e. The molecule has 2 heteroatoms. The Morgan fingerprint density at radius 2 is 1.30 bits per heavy atom. The molecule has 0 aromatic heterocycles. The molecule has 0 aliphatic carbocycles. The normalized spacial score (nSPS) is 11.8. The summed E-state index contributed by atoms with van der Waals surface area (Å²) in [6.45, 7) is 6.33. The van der Waals surface area contributed by atoms with Crippen LogP contribution in [0.2, 0.25) is 6.04 Å². The highest BCUT2D eigenvalue weighted by molar-refractivity contribution is 6.27. The first-order valence-corrected chi connectivity index (χ1v) is 8.18. The van der Waals surface area contributed by atoms with E-state index in [2.05, 4.69) is 81.4 Å². The molecule has 0 N–H and O–H groups in total. The third-order valence-corrected chi connectivity index (χ3v) is 4.40. The number of rotatable bonds is 5. The molecule has 0 amide bonds. The van der Waals surface area contributed by atoms with Gasteiger partial charge in [0.25, 0.3) is 0 Å². The van der Waals surface area contributed by atoms with E-state index in [4.69, 9.17) is 4.43 Å². The summed E-state index contributed by atoms with van der Waals surface area (Å²) in [6, 6.07) is 22.4. The second kappa shape index (κ2) is 6.87. The van der Waals surface area contributed by atoms with Gasteiger partial charge in [0.15, 0.2) is 0 Å². The van der Waals surface area contributed by atoms with Crippen LogP contribution in [0.25, 0.3) is 0 Å². The molecule has 0 saturated heterocycles. The van der Waals surface area contributed by atoms with Gasteiger partial charge < -0.3 is 4.43 Å². The zero-order chi connectivity index (χ0) is 14.4. The summed E-state index contributed by atoms with van der Waals surface area (Å²) in [5.41, 5.74) is 2.67. The summed E-state index contributed by atoms with van der Waals surface area (Å²) in [4.78, 5) is 0. The zero-order valence-electron chi connectivity index (χ0n) is 12.5. The Balaban J connectivity index is 2.13. The second-order valence-electron chi connectivity index (χ2n) is 5.94. The molecule has 20 heavy (non-hydrogen) atoms. The molecule has 0 spiro atoms. The molecule has 0 fully saturated rings. The van der Waals surface area contributed by atoms with Crippen LogP contribution in [0.4, 0.5) is 0 Å². The lowest BCUT2D eigenvalue weighted by Crippen LogP contribution is -2.22. The van der Waals surface area contributed by atoms with Gasteiger partial charge in [0.1, 0.15) is 0 Å². The molecule has 1 nitrogen and oxygen atoms in total. The summed E-state index contributed by atoms with van der Waals surface area (Å²) < 4.78 is 5.93. The van der Waals surface area contributed by atoms with Gasteiger partial charge in [-0.2, -0.15) is 0 Å². The van der Waals surface area contributed by atoms with Crippen LogP contribution >= 0.6 is 0 Å². The quantitative estimate of drug-likeness (QED) is 0.724. The van der Waals surface area contributed by atoms with Crippen LogP contribution in [-0.2, 0) is 4.43 Å². The summed E-state index contributed by atoms with van der Waals surface area (Å²) in [5.74, 6) is 0.415. The minimum absolute atomic E-state index is 0.0592. The number of hydrogen-bond acceptors (Lipinski definition) is 1. The molecule has 0 unspecified atom stereocenters.